The van der Waals surface area contributed by atoms with Crippen LogP contribution in [0.4, 0.5) is 0 Å². The predicted octanol–water partition coefficient (Wildman–Crippen LogP) is 2.97. The lowest BCUT2D eigenvalue weighted by atomic mass is 10.2. The van der Waals surface area contributed by atoms with Crippen molar-refractivity contribution in [2.24, 2.45) is 21.5 Å². The van der Waals surface area contributed by atoms with Gasteiger partial charge in [0.25, 0.3) is 11.8 Å². The summed E-state index contributed by atoms with van der Waals surface area (Å²) in [5.41, 5.74) is 14.4. The van der Waals surface area contributed by atoms with Crippen molar-refractivity contribution in [2.45, 2.75) is 6.61 Å². The first kappa shape index (κ1) is 28.2. The van der Waals surface area contributed by atoms with Crippen LogP contribution < -0.4 is 26.8 Å². The highest BCUT2D eigenvalue weighted by atomic mass is 16.5. The number of H-pyrrole nitrogens is 2. The molecule has 2 amide bonds. The number of nitrogens with zero attached hydrogens (tertiary/aromatic N) is 2. The van der Waals surface area contributed by atoms with Crippen molar-refractivity contribution in [3.8, 4) is 11.5 Å². The zero-order chi connectivity index (χ0) is 29.4. The van der Waals surface area contributed by atoms with Crippen LogP contribution in [0.1, 0.15) is 26.5 Å². The van der Waals surface area contributed by atoms with E-state index in [0.29, 0.717) is 18.0 Å². The van der Waals surface area contributed by atoms with Gasteiger partial charge in [0.15, 0.2) is 11.9 Å². The van der Waals surface area contributed by atoms with Crippen LogP contribution in [0.2, 0.25) is 0 Å². The van der Waals surface area contributed by atoms with Gasteiger partial charge in [-0.2, -0.15) is 0 Å². The molecule has 3 aromatic carbocycles. The molecule has 12 heteroatoms. The molecule has 9 N–H and O–H groups in total. The number of aliphatic imine (C=N–C) groups is 2. The fourth-order valence-corrected chi connectivity index (χ4v) is 3.79. The number of amides is 2. The van der Waals surface area contributed by atoms with Gasteiger partial charge >= 0.3 is 0 Å². The lowest BCUT2D eigenvalue weighted by Gasteiger charge is -2.06. The summed E-state index contributed by atoms with van der Waals surface area (Å²) in [5, 5.41) is 15.9. The molecule has 5 rings (SSSR count). The Hall–Kier alpha value is -5.78. The predicted molar refractivity (Wildman–Crippen MR) is 159 cm³/mol. The molecule has 0 spiro atoms. The second kappa shape index (κ2) is 12.8. The zero-order valence-electron chi connectivity index (χ0n) is 22.4. The number of fused-ring (bicyclic) bond motifs is 2. The molecule has 12 nitrogen and oxygen atoms in total. The van der Waals surface area contributed by atoms with Gasteiger partial charge < -0.3 is 31.3 Å². The minimum atomic E-state index is -0.371. The van der Waals surface area contributed by atoms with Gasteiger partial charge in [0.1, 0.15) is 29.5 Å². The van der Waals surface area contributed by atoms with Gasteiger partial charge in [-0.15, -0.1) is 0 Å². The zero-order valence-corrected chi connectivity index (χ0v) is 22.4. The summed E-state index contributed by atoms with van der Waals surface area (Å²) in [5.74, 6) is 0.317. The molecular weight excluding hydrogens is 524 g/mol. The summed E-state index contributed by atoms with van der Waals surface area (Å²) in [7, 11) is 3.00. The van der Waals surface area contributed by atoms with E-state index in [1.807, 2.05) is 48.5 Å². The van der Waals surface area contributed by atoms with Crippen LogP contribution in [0.25, 0.3) is 21.8 Å². The van der Waals surface area contributed by atoms with E-state index in [4.69, 9.17) is 16.2 Å². The highest BCUT2D eigenvalue weighted by Crippen LogP contribution is 2.23. The summed E-state index contributed by atoms with van der Waals surface area (Å²) in [6.07, 6.45) is 0. The molecule has 0 radical (unpaired) electrons. The van der Waals surface area contributed by atoms with Crippen molar-refractivity contribution in [3.63, 3.8) is 0 Å². The normalized spacial score (nSPS) is 11.6. The number of aromatic hydroxyl groups is 1. The van der Waals surface area contributed by atoms with Crippen molar-refractivity contribution in [1.29, 1.82) is 0 Å². The van der Waals surface area contributed by atoms with Crippen molar-refractivity contribution in [1.82, 2.24) is 20.6 Å². The minimum absolute atomic E-state index is 0.0523. The van der Waals surface area contributed by atoms with Crippen LogP contribution in [-0.4, -0.2) is 52.9 Å². The number of carbonyl (C=O) groups is 2. The Bertz CT molecular complexity index is 1740. The smallest absolute Gasteiger partial charge is 0.274 e. The first-order valence-corrected chi connectivity index (χ1v) is 12.4. The Morgan fingerprint density at radius 1 is 0.780 bits per heavy atom. The monoisotopic (exact) mass is 554 g/mol. The number of ether oxygens (including phenoxy) is 1. The number of aromatic amines is 2. The van der Waals surface area contributed by atoms with E-state index in [1.54, 1.807) is 30.3 Å². The maximum Gasteiger partial charge on any atom is 0.274 e. The summed E-state index contributed by atoms with van der Waals surface area (Å²) in [4.78, 5) is 37.0. The molecule has 5 aromatic rings. The average Bonchev–Trinajstić information content (AvgIpc) is 3.60. The number of aromatic nitrogens is 2. The largest absolute Gasteiger partial charge is 0.508 e. The van der Waals surface area contributed by atoms with Crippen LogP contribution in [0.15, 0.2) is 88.8 Å². The maximum atomic E-state index is 12.0. The Labute approximate surface area is 235 Å². The number of nitrogens with one attached hydrogen (secondary N) is 4. The molecule has 0 unspecified atom stereocenters. The van der Waals surface area contributed by atoms with Crippen LogP contribution in [0.5, 0.6) is 11.5 Å². The third-order valence-electron chi connectivity index (χ3n) is 5.90. The molecule has 0 bridgehead atoms. The number of phenolic OH excluding ortho intramolecular Hbond substituents is 1. The number of hydrogen-bond donors (Lipinski definition) is 7. The standard InChI is InChI=1S/C18H18N4O2.C11H12N4O2/c1-20-18(19)22-17(23)16-10-13-9-14(7-8-15(13)21-16)24-11-12-5-3-2-4-6-12;1-13-11(12)15-10(17)9-5-6-4-7(16)2-3-8(6)14-9/h2-10,21H,11H2,1H3,(H3,19,20,22,23);2-5,14,16H,1H3,(H3,12,13,15,17). The lowest BCUT2D eigenvalue weighted by Crippen LogP contribution is -2.36. The molecule has 0 saturated carbocycles. The van der Waals surface area contributed by atoms with Crippen LogP contribution >= 0.6 is 0 Å². The Balaban J connectivity index is 0.000000201. The van der Waals surface area contributed by atoms with Crippen molar-refractivity contribution in [2.75, 3.05) is 14.1 Å². The minimum Gasteiger partial charge on any atom is -0.508 e. The molecule has 2 heterocycles. The van der Waals surface area contributed by atoms with Crippen LogP contribution in [0, 0.1) is 0 Å². The van der Waals surface area contributed by atoms with Crippen molar-refractivity contribution in [3.05, 3.63) is 95.8 Å². The molecule has 0 atom stereocenters. The van der Waals surface area contributed by atoms with Gasteiger partial charge in [0.2, 0.25) is 0 Å². The third-order valence-corrected chi connectivity index (χ3v) is 5.90. The number of rotatable bonds is 5. The molecule has 41 heavy (non-hydrogen) atoms. The van der Waals surface area contributed by atoms with Crippen molar-refractivity contribution >= 4 is 45.5 Å². The number of hydrogen-bond acceptors (Lipinski definition) is 6. The molecule has 0 aliphatic rings. The highest BCUT2D eigenvalue weighted by Gasteiger charge is 2.12. The summed E-state index contributed by atoms with van der Waals surface area (Å²) in [6.45, 7) is 0.494. The Kier molecular flexibility index (Phi) is 8.85. The molecule has 0 saturated heterocycles. The number of phenols is 1. The number of nitrogens with two attached hydrogens (primary N) is 2. The quantitative estimate of drug-likeness (QED) is 0.129. The fourth-order valence-electron chi connectivity index (χ4n) is 3.79. The summed E-state index contributed by atoms with van der Waals surface area (Å²) >= 11 is 0. The fraction of sp³-hybridized carbons (Fsp3) is 0.103. The topological polar surface area (TPSA) is 196 Å². The molecule has 210 valence electrons. The van der Waals surface area contributed by atoms with Gasteiger partial charge in [-0.1, -0.05) is 30.3 Å². The van der Waals surface area contributed by atoms with E-state index in [-0.39, 0.29) is 29.5 Å². The summed E-state index contributed by atoms with van der Waals surface area (Å²) in [6, 6.07) is 23.8. The van der Waals surface area contributed by atoms with Crippen molar-refractivity contribution < 1.29 is 19.4 Å². The van der Waals surface area contributed by atoms with Crippen LogP contribution in [0.3, 0.4) is 0 Å². The Morgan fingerprint density at radius 2 is 1.32 bits per heavy atom. The molecular formula is C29H30N8O4. The number of carbonyl (C=O) groups excluding carboxylic acids is 2. The number of guanidine groups is 2. The molecule has 0 aliphatic heterocycles. The first-order chi connectivity index (χ1) is 19.7. The molecule has 0 aliphatic carbocycles. The first-order valence-electron chi connectivity index (χ1n) is 12.4. The van der Waals surface area contributed by atoms with Gasteiger partial charge in [-0.3, -0.25) is 30.2 Å². The van der Waals surface area contributed by atoms with Gasteiger partial charge in [0.05, 0.1) is 0 Å². The van der Waals surface area contributed by atoms with Crippen LogP contribution in [-0.2, 0) is 6.61 Å². The van der Waals surface area contributed by atoms with E-state index in [0.717, 1.165) is 33.1 Å². The highest BCUT2D eigenvalue weighted by molar-refractivity contribution is 6.07. The van der Waals surface area contributed by atoms with E-state index >= 15 is 0 Å². The molecule has 0 fully saturated rings. The average molecular weight is 555 g/mol. The van der Waals surface area contributed by atoms with E-state index in [2.05, 4.69) is 30.6 Å². The Morgan fingerprint density at radius 3 is 1.88 bits per heavy atom. The van der Waals surface area contributed by atoms with E-state index < -0.39 is 0 Å². The van der Waals surface area contributed by atoms with E-state index in [9.17, 15) is 14.7 Å². The molecule has 2 aromatic heterocycles. The lowest BCUT2D eigenvalue weighted by molar-refractivity contribution is 0.0964. The van der Waals surface area contributed by atoms with Gasteiger partial charge in [0, 0.05) is 35.9 Å². The van der Waals surface area contributed by atoms with E-state index in [1.165, 1.54) is 14.1 Å². The maximum absolute atomic E-state index is 12.0. The summed E-state index contributed by atoms with van der Waals surface area (Å²) < 4.78 is 5.80. The number of benzene rings is 3. The second-order valence-corrected chi connectivity index (χ2v) is 8.79. The van der Waals surface area contributed by atoms with Gasteiger partial charge in [-0.05, 0) is 54.1 Å². The third kappa shape index (κ3) is 7.41. The van der Waals surface area contributed by atoms with Gasteiger partial charge in [-0.25, -0.2) is 0 Å². The second-order valence-electron chi connectivity index (χ2n) is 8.79. The SMILES string of the molecule is CN=C(N)NC(=O)c1cc2cc(O)ccc2[nH]1.CN=C(N)NC(=O)c1cc2cc(OCc3ccccc3)ccc2[nH]1.